The summed E-state index contributed by atoms with van der Waals surface area (Å²) in [5.74, 6) is 0.599. The molecule has 2 N–H and O–H groups in total. The van der Waals surface area contributed by atoms with Crippen molar-refractivity contribution in [2.45, 2.75) is 13.5 Å². The number of aryl methyl sites for hydroxylation is 1. The number of hydrogen-bond acceptors (Lipinski definition) is 2. The van der Waals surface area contributed by atoms with Crippen molar-refractivity contribution in [3.8, 4) is 0 Å². The lowest BCUT2D eigenvalue weighted by Gasteiger charge is -2.03. The highest BCUT2D eigenvalue weighted by Crippen LogP contribution is 2.17. The molecule has 4 heteroatoms. The van der Waals surface area contributed by atoms with E-state index in [0.717, 1.165) is 16.6 Å². The van der Waals surface area contributed by atoms with Crippen molar-refractivity contribution in [1.82, 2.24) is 9.78 Å². The quantitative estimate of drug-likeness (QED) is 0.907. The Labute approximate surface area is 97.0 Å². The van der Waals surface area contributed by atoms with Crippen LogP contribution in [0.15, 0.2) is 34.9 Å². The molecule has 0 radical (unpaired) electrons. The van der Waals surface area contributed by atoms with Gasteiger partial charge in [0.05, 0.1) is 6.54 Å². The van der Waals surface area contributed by atoms with Crippen molar-refractivity contribution >= 4 is 21.7 Å². The minimum atomic E-state index is 0.599. The zero-order valence-electron chi connectivity index (χ0n) is 8.44. The molecule has 0 saturated heterocycles. The number of hydrogen-bond donors (Lipinski definition) is 1. The molecule has 0 fully saturated rings. The van der Waals surface area contributed by atoms with E-state index in [2.05, 4.69) is 27.1 Å². The number of nitrogens with zero attached hydrogens (tertiary/aromatic N) is 2. The van der Waals surface area contributed by atoms with Gasteiger partial charge in [0, 0.05) is 16.2 Å². The third kappa shape index (κ3) is 2.21. The lowest BCUT2D eigenvalue weighted by Crippen LogP contribution is -2.01. The van der Waals surface area contributed by atoms with E-state index in [4.69, 9.17) is 5.73 Å². The highest BCUT2D eigenvalue weighted by molar-refractivity contribution is 9.10. The van der Waals surface area contributed by atoms with Crippen molar-refractivity contribution in [2.75, 3.05) is 5.73 Å². The number of aromatic nitrogens is 2. The first-order valence-corrected chi connectivity index (χ1v) is 5.49. The van der Waals surface area contributed by atoms with E-state index in [1.54, 1.807) is 0 Å². The van der Waals surface area contributed by atoms with E-state index in [9.17, 15) is 0 Å². The van der Waals surface area contributed by atoms with E-state index in [1.165, 1.54) is 5.56 Å². The lowest BCUT2D eigenvalue weighted by atomic mass is 10.2. The SMILES string of the molecule is Cc1cn(Cc2ccccc2Br)nc1N. The third-order valence-electron chi connectivity index (χ3n) is 2.27. The highest BCUT2D eigenvalue weighted by Gasteiger charge is 2.03. The maximum absolute atomic E-state index is 5.69. The fourth-order valence-corrected chi connectivity index (χ4v) is 1.83. The van der Waals surface area contributed by atoms with Crippen LogP contribution < -0.4 is 5.73 Å². The summed E-state index contributed by atoms with van der Waals surface area (Å²) < 4.78 is 2.95. The van der Waals surface area contributed by atoms with Crippen LogP contribution >= 0.6 is 15.9 Å². The second kappa shape index (κ2) is 4.06. The van der Waals surface area contributed by atoms with Crippen molar-refractivity contribution in [3.63, 3.8) is 0 Å². The predicted octanol–water partition coefficient (Wildman–Crippen LogP) is 2.58. The van der Waals surface area contributed by atoms with Gasteiger partial charge in [-0.05, 0) is 18.6 Å². The summed E-state index contributed by atoms with van der Waals surface area (Å²) in [4.78, 5) is 0. The van der Waals surface area contributed by atoms with E-state index in [1.807, 2.05) is 36.0 Å². The fourth-order valence-electron chi connectivity index (χ4n) is 1.42. The van der Waals surface area contributed by atoms with E-state index < -0.39 is 0 Å². The first-order chi connectivity index (χ1) is 7.16. The minimum absolute atomic E-state index is 0.599. The Balaban J connectivity index is 2.26. The molecule has 78 valence electrons. The van der Waals surface area contributed by atoms with Gasteiger partial charge in [-0.2, -0.15) is 5.10 Å². The highest BCUT2D eigenvalue weighted by atomic mass is 79.9. The van der Waals surface area contributed by atoms with Crippen molar-refractivity contribution in [3.05, 3.63) is 46.1 Å². The molecule has 0 saturated carbocycles. The van der Waals surface area contributed by atoms with Crippen LogP contribution in [0.2, 0.25) is 0 Å². The van der Waals surface area contributed by atoms with Crippen LogP contribution in [-0.2, 0) is 6.54 Å². The first kappa shape index (κ1) is 10.2. The van der Waals surface area contributed by atoms with Gasteiger partial charge in [-0.25, -0.2) is 0 Å². The maximum Gasteiger partial charge on any atom is 0.148 e. The normalized spacial score (nSPS) is 10.5. The molecule has 1 aromatic carbocycles. The Morgan fingerprint density at radius 3 is 2.73 bits per heavy atom. The van der Waals surface area contributed by atoms with Gasteiger partial charge < -0.3 is 5.73 Å². The summed E-state index contributed by atoms with van der Waals surface area (Å²) in [6.07, 6.45) is 1.95. The molecular weight excluding hydrogens is 254 g/mol. The van der Waals surface area contributed by atoms with E-state index in [0.29, 0.717) is 5.82 Å². The Morgan fingerprint density at radius 1 is 1.40 bits per heavy atom. The number of benzene rings is 1. The van der Waals surface area contributed by atoms with Crippen molar-refractivity contribution in [2.24, 2.45) is 0 Å². The van der Waals surface area contributed by atoms with Crippen molar-refractivity contribution < 1.29 is 0 Å². The fraction of sp³-hybridized carbons (Fsp3) is 0.182. The minimum Gasteiger partial charge on any atom is -0.382 e. The summed E-state index contributed by atoms with van der Waals surface area (Å²) >= 11 is 3.51. The molecule has 1 heterocycles. The van der Waals surface area contributed by atoms with Gasteiger partial charge in [0.25, 0.3) is 0 Å². The number of nitrogens with two attached hydrogens (primary N) is 1. The zero-order chi connectivity index (χ0) is 10.8. The molecule has 0 aliphatic heterocycles. The monoisotopic (exact) mass is 265 g/mol. The molecule has 1 aromatic heterocycles. The standard InChI is InChI=1S/C11H12BrN3/c1-8-6-15(14-11(8)13)7-9-4-2-3-5-10(9)12/h2-6H,7H2,1H3,(H2,13,14). The number of halogens is 1. The summed E-state index contributed by atoms with van der Waals surface area (Å²) in [6.45, 7) is 2.69. The van der Waals surface area contributed by atoms with E-state index in [-0.39, 0.29) is 0 Å². The van der Waals surface area contributed by atoms with E-state index >= 15 is 0 Å². The van der Waals surface area contributed by atoms with Gasteiger partial charge in [0.15, 0.2) is 0 Å². The molecule has 0 spiro atoms. The van der Waals surface area contributed by atoms with Crippen LogP contribution in [0, 0.1) is 6.92 Å². The molecule has 2 aromatic rings. The molecule has 0 bridgehead atoms. The largest absolute Gasteiger partial charge is 0.382 e. The molecule has 0 atom stereocenters. The Kier molecular flexibility index (Phi) is 2.77. The van der Waals surface area contributed by atoms with Crippen LogP contribution in [0.25, 0.3) is 0 Å². The van der Waals surface area contributed by atoms with Gasteiger partial charge in [-0.15, -0.1) is 0 Å². The Bertz CT molecular complexity index is 457. The molecule has 0 aliphatic rings. The van der Waals surface area contributed by atoms with Crippen LogP contribution in [0.5, 0.6) is 0 Å². The van der Waals surface area contributed by atoms with Gasteiger partial charge >= 0.3 is 0 Å². The summed E-state index contributed by atoms with van der Waals surface area (Å²) in [5.41, 5.74) is 7.90. The van der Waals surface area contributed by atoms with Crippen LogP contribution in [0.4, 0.5) is 5.82 Å². The predicted molar refractivity (Wildman–Crippen MR) is 64.6 cm³/mol. The molecule has 3 nitrogen and oxygen atoms in total. The molecule has 2 rings (SSSR count). The van der Waals surface area contributed by atoms with Crippen molar-refractivity contribution in [1.29, 1.82) is 0 Å². The summed E-state index contributed by atoms with van der Waals surface area (Å²) in [7, 11) is 0. The number of nitrogen functional groups attached to an aromatic ring is 1. The average molecular weight is 266 g/mol. The topological polar surface area (TPSA) is 43.8 Å². The average Bonchev–Trinajstić information content (AvgIpc) is 2.50. The van der Waals surface area contributed by atoms with Crippen LogP contribution in [0.1, 0.15) is 11.1 Å². The zero-order valence-corrected chi connectivity index (χ0v) is 10.0. The second-order valence-corrected chi connectivity index (χ2v) is 4.34. The second-order valence-electron chi connectivity index (χ2n) is 3.49. The Morgan fingerprint density at radius 2 is 2.13 bits per heavy atom. The lowest BCUT2D eigenvalue weighted by molar-refractivity contribution is 0.688. The van der Waals surface area contributed by atoms with Gasteiger partial charge in [0.1, 0.15) is 5.82 Å². The molecule has 0 amide bonds. The summed E-state index contributed by atoms with van der Waals surface area (Å²) in [6, 6.07) is 8.10. The Hall–Kier alpha value is -1.29. The first-order valence-electron chi connectivity index (χ1n) is 4.70. The molecule has 0 aliphatic carbocycles. The molecule has 15 heavy (non-hydrogen) atoms. The molecular formula is C11H12BrN3. The van der Waals surface area contributed by atoms with Gasteiger partial charge in [0.2, 0.25) is 0 Å². The third-order valence-corrected chi connectivity index (χ3v) is 3.05. The maximum atomic E-state index is 5.69. The van der Waals surface area contributed by atoms with Gasteiger partial charge in [-0.3, -0.25) is 4.68 Å². The summed E-state index contributed by atoms with van der Waals surface area (Å²) in [5, 5.41) is 4.22. The number of rotatable bonds is 2. The number of anilines is 1. The van der Waals surface area contributed by atoms with Crippen LogP contribution in [-0.4, -0.2) is 9.78 Å². The van der Waals surface area contributed by atoms with Gasteiger partial charge in [-0.1, -0.05) is 34.1 Å². The smallest absolute Gasteiger partial charge is 0.148 e. The molecule has 0 unspecified atom stereocenters. The van der Waals surface area contributed by atoms with Crippen LogP contribution in [0.3, 0.4) is 0 Å².